The highest BCUT2D eigenvalue weighted by molar-refractivity contribution is 6.04. The zero-order valence-corrected chi connectivity index (χ0v) is 12.6. The molecule has 3 N–H and O–H groups in total. The summed E-state index contributed by atoms with van der Waals surface area (Å²) in [5.74, 6) is 0.284. The molecule has 0 unspecified atom stereocenters. The van der Waals surface area contributed by atoms with Crippen LogP contribution < -0.4 is 11.1 Å². The van der Waals surface area contributed by atoms with Crippen molar-refractivity contribution < 1.29 is 4.79 Å². The van der Waals surface area contributed by atoms with Crippen molar-refractivity contribution in [3.05, 3.63) is 65.2 Å². The molecule has 3 heteroatoms. The van der Waals surface area contributed by atoms with E-state index in [4.69, 9.17) is 5.73 Å². The Hall–Kier alpha value is -2.13. The van der Waals surface area contributed by atoms with Crippen molar-refractivity contribution in [1.82, 2.24) is 0 Å². The second-order valence-electron chi connectivity index (χ2n) is 5.44. The number of nitrogens with one attached hydrogen (secondary N) is 1. The van der Waals surface area contributed by atoms with Crippen molar-refractivity contribution in [2.24, 2.45) is 5.73 Å². The summed E-state index contributed by atoms with van der Waals surface area (Å²) in [6, 6.07) is 15.5. The maximum Gasteiger partial charge on any atom is 0.255 e. The molecule has 0 aliphatic heterocycles. The molecule has 0 heterocycles. The van der Waals surface area contributed by atoms with E-state index in [0.29, 0.717) is 18.0 Å². The molecule has 1 amide bonds. The van der Waals surface area contributed by atoms with Gasteiger partial charge in [-0.1, -0.05) is 44.2 Å². The van der Waals surface area contributed by atoms with Gasteiger partial charge in [0, 0.05) is 11.3 Å². The van der Waals surface area contributed by atoms with E-state index in [2.05, 4.69) is 19.2 Å². The number of anilines is 1. The molecule has 0 fully saturated rings. The van der Waals surface area contributed by atoms with Gasteiger partial charge in [-0.05, 0) is 48.2 Å². The third-order valence-corrected chi connectivity index (χ3v) is 3.45. The molecule has 21 heavy (non-hydrogen) atoms. The van der Waals surface area contributed by atoms with Crippen LogP contribution >= 0.6 is 0 Å². The standard InChI is InChI=1S/C18H22N2O/c1-13(2)16-8-3-4-9-17(16)20-18(21)15-7-5-6-14(12-15)10-11-19/h3-9,12-13H,10-11,19H2,1-2H3,(H,20,21). The Morgan fingerprint density at radius 1 is 1.14 bits per heavy atom. The summed E-state index contributed by atoms with van der Waals surface area (Å²) in [5, 5.41) is 3.01. The summed E-state index contributed by atoms with van der Waals surface area (Å²) in [6.07, 6.45) is 0.781. The van der Waals surface area contributed by atoms with Crippen LogP contribution in [0.4, 0.5) is 5.69 Å². The van der Waals surface area contributed by atoms with Crippen molar-refractivity contribution in [2.75, 3.05) is 11.9 Å². The number of hydrogen-bond acceptors (Lipinski definition) is 2. The average Bonchev–Trinajstić information content (AvgIpc) is 2.48. The van der Waals surface area contributed by atoms with Gasteiger partial charge >= 0.3 is 0 Å². The van der Waals surface area contributed by atoms with Crippen LogP contribution in [0.25, 0.3) is 0 Å². The molecule has 0 bridgehead atoms. The lowest BCUT2D eigenvalue weighted by Gasteiger charge is -2.14. The van der Waals surface area contributed by atoms with Gasteiger partial charge in [-0.2, -0.15) is 0 Å². The van der Waals surface area contributed by atoms with Gasteiger partial charge in [0.2, 0.25) is 0 Å². The molecule has 110 valence electrons. The van der Waals surface area contributed by atoms with Crippen LogP contribution in [0.2, 0.25) is 0 Å². The lowest BCUT2D eigenvalue weighted by Crippen LogP contribution is -2.14. The predicted molar refractivity (Wildman–Crippen MR) is 87.7 cm³/mol. The minimum absolute atomic E-state index is 0.0815. The van der Waals surface area contributed by atoms with Gasteiger partial charge in [0.15, 0.2) is 0 Å². The van der Waals surface area contributed by atoms with Crippen LogP contribution in [0.5, 0.6) is 0 Å². The van der Waals surface area contributed by atoms with E-state index in [1.54, 1.807) is 0 Å². The van der Waals surface area contributed by atoms with Crippen molar-refractivity contribution in [3.8, 4) is 0 Å². The van der Waals surface area contributed by atoms with Gasteiger partial charge in [0.25, 0.3) is 5.91 Å². The summed E-state index contributed by atoms with van der Waals surface area (Å²) in [4.78, 5) is 12.4. The molecule has 0 saturated heterocycles. The molecule has 0 atom stereocenters. The Labute approximate surface area is 126 Å². The minimum atomic E-state index is -0.0815. The minimum Gasteiger partial charge on any atom is -0.330 e. The Kier molecular flexibility index (Phi) is 5.12. The Morgan fingerprint density at radius 3 is 2.62 bits per heavy atom. The molecular weight excluding hydrogens is 260 g/mol. The maximum atomic E-state index is 12.4. The molecule has 2 aromatic rings. The fraction of sp³-hybridized carbons (Fsp3) is 0.278. The number of para-hydroxylation sites is 1. The molecule has 0 radical (unpaired) electrons. The molecular formula is C18H22N2O. The molecule has 0 aliphatic rings. The first-order valence-electron chi connectivity index (χ1n) is 7.31. The van der Waals surface area contributed by atoms with Crippen LogP contribution in [-0.4, -0.2) is 12.5 Å². The topological polar surface area (TPSA) is 55.1 Å². The smallest absolute Gasteiger partial charge is 0.255 e. The summed E-state index contributed by atoms with van der Waals surface area (Å²) >= 11 is 0. The van der Waals surface area contributed by atoms with Gasteiger partial charge in [0.05, 0.1) is 0 Å². The Bertz CT molecular complexity index is 620. The number of nitrogens with two attached hydrogens (primary N) is 1. The van der Waals surface area contributed by atoms with Gasteiger partial charge in [-0.3, -0.25) is 4.79 Å². The predicted octanol–water partition coefficient (Wildman–Crippen LogP) is 3.56. The number of benzene rings is 2. The normalized spacial score (nSPS) is 10.7. The van der Waals surface area contributed by atoms with Crippen LogP contribution in [0.1, 0.15) is 41.3 Å². The van der Waals surface area contributed by atoms with E-state index in [0.717, 1.165) is 23.2 Å². The number of rotatable bonds is 5. The van der Waals surface area contributed by atoms with Crippen LogP contribution in [0, 0.1) is 0 Å². The highest BCUT2D eigenvalue weighted by Crippen LogP contribution is 2.24. The summed E-state index contributed by atoms with van der Waals surface area (Å²) in [7, 11) is 0. The molecule has 2 aromatic carbocycles. The van der Waals surface area contributed by atoms with Gasteiger partial charge in [0.1, 0.15) is 0 Å². The Balaban J connectivity index is 2.20. The Morgan fingerprint density at radius 2 is 1.90 bits per heavy atom. The number of hydrogen-bond donors (Lipinski definition) is 2. The maximum absolute atomic E-state index is 12.4. The van der Waals surface area contributed by atoms with E-state index in [-0.39, 0.29) is 5.91 Å². The first kappa shape index (κ1) is 15.3. The second-order valence-corrected chi connectivity index (χ2v) is 5.44. The number of carbonyl (C=O) groups excluding carboxylic acids is 1. The molecule has 0 saturated carbocycles. The summed E-state index contributed by atoms with van der Waals surface area (Å²) < 4.78 is 0. The van der Waals surface area contributed by atoms with Crippen LogP contribution in [0.3, 0.4) is 0 Å². The van der Waals surface area contributed by atoms with Gasteiger partial charge in [-0.25, -0.2) is 0 Å². The second kappa shape index (κ2) is 7.04. The van der Waals surface area contributed by atoms with E-state index in [9.17, 15) is 4.79 Å². The first-order chi connectivity index (χ1) is 10.1. The fourth-order valence-corrected chi connectivity index (χ4v) is 2.34. The van der Waals surface area contributed by atoms with Crippen molar-refractivity contribution in [2.45, 2.75) is 26.2 Å². The third kappa shape index (κ3) is 3.92. The quantitative estimate of drug-likeness (QED) is 0.881. The summed E-state index contributed by atoms with van der Waals surface area (Å²) in [5.41, 5.74) is 9.33. The largest absolute Gasteiger partial charge is 0.330 e. The van der Waals surface area contributed by atoms with Crippen molar-refractivity contribution in [3.63, 3.8) is 0 Å². The van der Waals surface area contributed by atoms with Gasteiger partial charge in [-0.15, -0.1) is 0 Å². The monoisotopic (exact) mass is 282 g/mol. The average molecular weight is 282 g/mol. The molecule has 0 aromatic heterocycles. The van der Waals surface area contributed by atoms with Crippen LogP contribution in [0.15, 0.2) is 48.5 Å². The van der Waals surface area contributed by atoms with E-state index in [1.165, 1.54) is 0 Å². The lowest BCUT2D eigenvalue weighted by atomic mass is 10.0. The van der Waals surface area contributed by atoms with Crippen molar-refractivity contribution >= 4 is 11.6 Å². The zero-order chi connectivity index (χ0) is 15.2. The zero-order valence-electron chi connectivity index (χ0n) is 12.6. The molecule has 0 spiro atoms. The fourth-order valence-electron chi connectivity index (χ4n) is 2.34. The molecule has 2 rings (SSSR count). The van der Waals surface area contributed by atoms with E-state index >= 15 is 0 Å². The van der Waals surface area contributed by atoms with E-state index in [1.807, 2.05) is 48.5 Å². The SMILES string of the molecule is CC(C)c1ccccc1NC(=O)c1cccc(CCN)c1. The van der Waals surface area contributed by atoms with Crippen LogP contribution in [-0.2, 0) is 6.42 Å². The van der Waals surface area contributed by atoms with Crippen molar-refractivity contribution in [1.29, 1.82) is 0 Å². The van der Waals surface area contributed by atoms with E-state index < -0.39 is 0 Å². The number of amides is 1. The first-order valence-corrected chi connectivity index (χ1v) is 7.31. The van der Waals surface area contributed by atoms with Gasteiger partial charge < -0.3 is 11.1 Å². The number of carbonyl (C=O) groups is 1. The summed E-state index contributed by atoms with van der Waals surface area (Å²) in [6.45, 7) is 4.82. The molecule has 3 nitrogen and oxygen atoms in total. The highest BCUT2D eigenvalue weighted by atomic mass is 16.1. The lowest BCUT2D eigenvalue weighted by molar-refractivity contribution is 0.102. The third-order valence-electron chi connectivity index (χ3n) is 3.45. The molecule has 0 aliphatic carbocycles. The highest BCUT2D eigenvalue weighted by Gasteiger charge is 2.11.